The fourth-order valence-electron chi connectivity index (χ4n) is 3.17. The van der Waals surface area contributed by atoms with Gasteiger partial charge in [0, 0.05) is 29.8 Å². The number of carbonyl (C=O) groups excluding carboxylic acids is 1. The van der Waals surface area contributed by atoms with Crippen molar-refractivity contribution >= 4 is 11.8 Å². The molecule has 0 saturated heterocycles. The van der Waals surface area contributed by atoms with Crippen LogP contribution in [-0.4, -0.2) is 33.4 Å². The number of carbonyl (C=O) groups is 1. The molecule has 0 spiro atoms. The highest BCUT2D eigenvalue weighted by atomic mass is 16.6. The predicted octanol–water partition coefficient (Wildman–Crippen LogP) is 5.58. The monoisotopic (exact) mass is 450 g/mol. The van der Waals surface area contributed by atoms with E-state index in [1.54, 1.807) is 12.4 Å². The third kappa shape index (κ3) is 8.13. The Morgan fingerprint density at radius 1 is 1.06 bits per heavy atom. The van der Waals surface area contributed by atoms with Crippen molar-refractivity contribution < 1.29 is 9.53 Å². The zero-order chi connectivity index (χ0) is 25.0. The smallest absolute Gasteiger partial charge is 0.408 e. The largest absolute Gasteiger partial charge is 0.444 e. The quantitative estimate of drug-likeness (QED) is 0.590. The number of nitrogens with zero attached hydrogens (tertiary/aromatic N) is 2. The SMILES string of the molecule is C[C@H](c1ncc(C#CC#CC2=CN=C([C@@H](NC(=O)OC(C)(C)C)C(C)(C)C)C2)[nH]1)C(C)(C)C. The second kappa shape index (κ2) is 9.87. The maximum Gasteiger partial charge on any atom is 0.408 e. The number of rotatable bonds is 3. The Bertz CT molecular complexity index is 1050. The molecule has 33 heavy (non-hydrogen) atoms. The molecule has 2 rings (SSSR count). The number of ether oxygens (including phenoxy) is 1. The number of aromatic amines is 1. The summed E-state index contributed by atoms with van der Waals surface area (Å²) >= 11 is 0. The molecule has 178 valence electrons. The van der Waals surface area contributed by atoms with Crippen LogP contribution in [-0.2, 0) is 4.74 Å². The van der Waals surface area contributed by atoms with Gasteiger partial charge in [0.1, 0.15) is 17.1 Å². The number of amides is 1. The molecule has 1 aromatic rings. The van der Waals surface area contributed by atoms with Crippen LogP contribution >= 0.6 is 0 Å². The van der Waals surface area contributed by atoms with Gasteiger partial charge in [-0.25, -0.2) is 9.78 Å². The van der Waals surface area contributed by atoms with Gasteiger partial charge < -0.3 is 15.0 Å². The van der Waals surface area contributed by atoms with Crippen LogP contribution in [0.3, 0.4) is 0 Å². The summed E-state index contributed by atoms with van der Waals surface area (Å²) in [6.07, 6.45) is 3.62. The first-order valence-electron chi connectivity index (χ1n) is 11.4. The summed E-state index contributed by atoms with van der Waals surface area (Å²) in [5, 5.41) is 2.97. The first kappa shape index (κ1) is 26.3. The summed E-state index contributed by atoms with van der Waals surface area (Å²) in [6, 6.07) is -0.262. The molecule has 1 aliphatic rings. The highest BCUT2D eigenvalue weighted by molar-refractivity contribution is 5.97. The van der Waals surface area contributed by atoms with Crippen LogP contribution in [0.5, 0.6) is 0 Å². The summed E-state index contributed by atoms with van der Waals surface area (Å²) in [4.78, 5) is 24.6. The fourth-order valence-corrected chi connectivity index (χ4v) is 3.17. The minimum Gasteiger partial charge on any atom is -0.444 e. The van der Waals surface area contributed by atoms with Crippen LogP contribution in [0.1, 0.15) is 93.1 Å². The molecule has 0 unspecified atom stereocenters. The highest BCUT2D eigenvalue weighted by Gasteiger charge is 2.33. The van der Waals surface area contributed by atoms with E-state index in [0.717, 1.165) is 22.8 Å². The van der Waals surface area contributed by atoms with Crippen molar-refractivity contribution in [2.75, 3.05) is 0 Å². The lowest BCUT2D eigenvalue weighted by Crippen LogP contribution is -2.50. The number of allylic oxidation sites excluding steroid dienone is 1. The van der Waals surface area contributed by atoms with Crippen molar-refractivity contribution in [1.29, 1.82) is 0 Å². The Labute approximate surface area is 199 Å². The van der Waals surface area contributed by atoms with Crippen molar-refractivity contribution in [1.82, 2.24) is 15.3 Å². The van der Waals surface area contributed by atoms with Gasteiger partial charge in [0.25, 0.3) is 0 Å². The van der Waals surface area contributed by atoms with Crippen LogP contribution in [0, 0.1) is 34.5 Å². The number of hydrogen-bond donors (Lipinski definition) is 2. The molecular formula is C27H38N4O2. The van der Waals surface area contributed by atoms with E-state index in [0.29, 0.717) is 12.3 Å². The zero-order valence-electron chi connectivity index (χ0n) is 21.7. The Morgan fingerprint density at radius 3 is 2.27 bits per heavy atom. The molecule has 0 aromatic carbocycles. The summed E-state index contributed by atoms with van der Waals surface area (Å²) in [5.74, 6) is 13.1. The van der Waals surface area contributed by atoms with Crippen molar-refractivity contribution in [3.63, 3.8) is 0 Å². The molecule has 0 aliphatic carbocycles. The summed E-state index contributed by atoms with van der Waals surface area (Å²) in [7, 11) is 0. The summed E-state index contributed by atoms with van der Waals surface area (Å²) in [5.41, 5.74) is 1.82. The van der Waals surface area contributed by atoms with Gasteiger partial charge in [0.15, 0.2) is 0 Å². The lowest BCUT2D eigenvalue weighted by Gasteiger charge is -2.32. The molecule has 0 fully saturated rings. The summed E-state index contributed by atoms with van der Waals surface area (Å²) in [6.45, 7) is 20.4. The second-order valence-electron chi connectivity index (χ2n) is 11.7. The molecule has 2 heterocycles. The van der Waals surface area contributed by atoms with E-state index >= 15 is 0 Å². The fraction of sp³-hybridized carbons (Fsp3) is 0.593. The molecule has 0 saturated carbocycles. The van der Waals surface area contributed by atoms with Crippen molar-refractivity contribution in [2.24, 2.45) is 15.8 Å². The number of imidazole rings is 1. The van der Waals surface area contributed by atoms with Crippen LogP contribution < -0.4 is 5.32 Å². The number of H-pyrrole nitrogens is 1. The minimum atomic E-state index is -0.558. The van der Waals surface area contributed by atoms with E-state index in [4.69, 9.17) is 4.74 Å². The zero-order valence-corrected chi connectivity index (χ0v) is 21.7. The van der Waals surface area contributed by atoms with Crippen LogP contribution in [0.4, 0.5) is 4.79 Å². The van der Waals surface area contributed by atoms with Gasteiger partial charge in [0.05, 0.1) is 12.2 Å². The average Bonchev–Trinajstić information content (AvgIpc) is 3.29. The average molecular weight is 451 g/mol. The third-order valence-electron chi connectivity index (χ3n) is 5.41. The molecule has 1 aliphatic heterocycles. The second-order valence-corrected chi connectivity index (χ2v) is 11.7. The Hall–Kier alpha value is -2.99. The van der Waals surface area contributed by atoms with E-state index in [1.807, 2.05) is 20.8 Å². The van der Waals surface area contributed by atoms with Gasteiger partial charge in [-0.05, 0) is 49.4 Å². The van der Waals surface area contributed by atoms with E-state index in [-0.39, 0.29) is 16.9 Å². The van der Waals surface area contributed by atoms with Gasteiger partial charge in [-0.15, -0.1) is 0 Å². The van der Waals surface area contributed by atoms with E-state index in [1.165, 1.54) is 0 Å². The predicted molar refractivity (Wildman–Crippen MR) is 134 cm³/mol. The maximum absolute atomic E-state index is 12.3. The lowest BCUT2D eigenvalue weighted by atomic mass is 9.82. The van der Waals surface area contributed by atoms with Gasteiger partial charge >= 0.3 is 6.09 Å². The number of aromatic nitrogens is 2. The highest BCUT2D eigenvalue weighted by Crippen LogP contribution is 2.32. The van der Waals surface area contributed by atoms with Crippen molar-refractivity contribution in [3.8, 4) is 23.7 Å². The normalized spacial score (nSPS) is 15.8. The molecule has 6 heteroatoms. The topological polar surface area (TPSA) is 79.4 Å². The van der Waals surface area contributed by atoms with Crippen LogP contribution in [0.2, 0.25) is 0 Å². The van der Waals surface area contributed by atoms with E-state index in [2.05, 4.69) is 92.4 Å². The lowest BCUT2D eigenvalue weighted by molar-refractivity contribution is 0.0491. The first-order chi connectivity index (χ1) is 15.1. The van der Waals surface area contributed by atoms with Crippen LogP contribution in [0.25, 0.3) is 0 Å². The molecule has 2 atom stereocenters. The molecule has 0 bridgehead atoms. The molecule has 0 radical (unpaired) electrons. The Balaban J connectivity index is 2.01. The number of nitrogens with one attached hydrogen (secondary N) is 2. The number of aliphatic imine (C=N–C) groups is 1. The molecular weight excluding hydrogens is 412 g/mol. The van der Waals surface area contributed by atoms with Crippen molar-refractivity contribution in [2.45, 2.75) is 93.2 Å². The number of alkyl carbamates (subject to hydrolysis) is 1. The van der Waals surface area contributed by atoms with Gasteiger partial charge in [-0.1, -0.05) is 54.4 Å². The first-order valence-corrected chi connectivity index (χ1v) is 11.4. The van der Waals surface area contributed by atoms with Crippen molar-refractivity contribution in [3.05, 3.63) is 29.5 Å². The summed E-state index contributed by atoms with van der Waals surface area (Å²) < 4.78 is 5.43. The molecule has 2 N–H and O–H groups in total. The third-order valence-corrected chi connectivity index (χ3v) is 5.41. The molecule has 6 nitrogen and oxygen atoms in total. The Morgan fingerprint density at radius 2 is 1.70 bits per heavy atom. The Kier molecular flexibility index (Phi) is 7.86. The molecule has 1 aromatic heterocycles. The molecule has 1 amide bonds. The van der Waals surface area contributed by atoms with Gasteiger partial charge in [-0.3, -0.25) is 4.99 Å². The van der Waals surface area contributed by atoms with E-state index < -0.39 is 11.7 Å². The van der Waals surface area contributed by atoms with Crippen LogP contribution in [0.15, 0.2) is 23.0 Å². The standard InChI is InChI=1S/C27H38N4O2/c1-18(25(2,3)4)23-29-17-20(30-23)14-12-11-13-19-15-21(28-16-19)22(26(5,6)7)31-24(32)33-27(8,9)10/h16-18,22H,15H2,1-10H3,(H,29,30)(H,31,32)/t18-,22-/m1/s1. The van der Waals surface area contributed by atoms with Gasteiger partial charge in [0.2, 0.25) is 0 Å². The number of hydrogen-bond acceptors (Lipinski definition) is 4. The maximum atomic E-state index is 12.3. The van der Waals surface area contributed by atoms with E-state index in [9.17, 15) is 4.79 Å². The minimum absolute atomic E-state index is 0.123. The van der Waals surface area contributed by atoms with Gasteiger partial charge in [-0.2, -0.15) is 0 Å².